The number of anilines is 2. The van der Waals surface area contributed by atoms with Crippen molar-refractivity contribution in [1.29, 1.82) is 0 Å². The molecule has 1 aromatic rings. The zero-order valence-electron chi connectivity index (χ0n) is 11.4. The zero-order chi connectivity index (χ0) is 13.0. The van der Waals surface area contributed by atoms with E-state index in [-0.39, 0.29) is 0 Å². The Morgan fingerprint density at radius 1 is 1.33 bits per heavy atom. The number of aromatic nitrogens is 2. The van der Waals surface area contributed by atoms with Crippen LogP contribution in [0.5, 0.6) is 0 Å². The number of hydrogen-bond donors (Lipinski definition) is 2. The Balaban J connectivity index is 2.18. The van der Waals surface area contributed by atoms with Crippen molar-refractivity contribution >= 4 is 11.6 Å². The molecule has 5 heteroatoms. The number of hydrogen-bond acceptors (Lipinski definition) is 5. The Bertz CT molecular complexity index is 397. The van der Waals surface area contributed by atoms with E-state index in [1.165, 1.54) is 6.42 Å². The van der Waals surface area contributed by atoms with Crippen molar-refractivity contribution in [2.24, 2.45) is 0 Å². The van der Waals surface area contributed by atoms with Crippen molar-refractivity contribution in [1.82, 2.24) is 9.97 Å². The molecule has 1 saturated carbocycles. The van der Waals surface area contributed by atoms with Gasteiger partial charge in [0.15, 0.2) is 0 Å². The fourth-order valence-electron chi connectivity index (χ4n) is 2.64. The Morgan fingerprint density at radius 2 is 2.11 bits per heavy atom. The van der Waals surface area contributed by atoms with E-state index in [0.717, 1.165) is 36.5 Å². The number of ether oxygens (including phenoxy) is 1. The third-order valence-electron chi connectivity index (χ3n) is 3.61. The van der Waals surface area contributed by atoms with Gasteiger partial charge >= 0.3 is 0 Å². The molecule has 1 aliphatic carbocycles. The van der Waals surface area contributed by atoms with E-state index in [1.807, 2.05) is 7.05 Å². The third kappa shape index (κ3) is 2.56. The molecule has 2 unspecified atom stereocenters. The minimum Gasteiger partial charge on any atom is -0.379 e. The van der Waals surface area contributed by atoms with E-state index < -0.39 is 0 Å². The van der Waals surface area contributed by atoms with E-state index in [0.29, 0.717) is 12.1 Å². The topological polar surface area (TPSA) is 59.1 Å². The van der Waals surface area contributed by atoms with Crippen molar-refractivity contribution < 1.29 is 4.74 Å². The van der Waals surface area contributed by atoms with Crippen molar-refractivity contribution in [2.45, 2.75) is 44.8 Å². The predicted octanol–water partition coefficient (Wildman–Crippen LogP) is 2.06. The van der Waals surface area contributed by atoms with Crippen LogP contribution in [0.1, 0.15) is 31.7 Å². The van der Waals surface area contributed by atoms with Crippen molar-refractivity contribution in [3.8, 4) is 0 Å². The van der Waals surface area contributed by atoms with Gasteiger partial charge in [0.25, 0.3) is 0 Å². The largest absolute Gasteiger partial charge is 0.379 e. The quantitative estimate of drug-likeness (QED) is 0.837. The summed E-state index contributed by atoms with van der Waals surface area (Å²) in [4.78, 5) is 8.62. The molecule has 5 nitrogen and oxygen atoms in total. The van der Waals surface area contributed by atoms with Crippen molar-refractivity contribution in [2.75, 3.05) is 24.8 Å². The minimum absolute atomic E-state index is 0.294. The van der Waals surface area contributed by atoms with Gasteiger partial charge in [-0.3, -0.25) is 0 Å². The summed E-state index contributed by atoms with van der Waals surface area (Å²) in [7, 11) is 3.67. The summed E-state index contributed by atoms with van der Waals surface area (Å²) < 4.78 is 5.50. The maximum atomic E-state index is 5.50. The summed E-state index contributed by atoms with van der Waals surface area (Å²) in [6.07, 6.45) is 6.28. The molecule has 0 bridgehead atoms. The molecule has 0 saturated heterocycles. The molecule has 1 aliphatic rings. The Morgan fingerprint density at radius 3 is 2.78 bits per heavy atom. The number of nitrogens with one attached hydrogen (secondary N) is 2. The third-order valence-corrected chi connectivity index (χ3v) is 3.61. The Labute approximate surface area is 108 Å². The zero-order valence-corrected chi connectivity index (χ0v) is 11.4. The number of methoxy groups -OCH3 is 1. The molecule has 2 rings (SSSR count). The fraction of sp³-hybridized carbons (Fsp3) is 0.692. The molecule has 0 amide bonds. The predicted molar refractivity (Wildman–Crippen MR) is 73.0 cm³/mol. The molecule has 0 radical (unpaired) electrons. The highest BCUT2D eigenvalue weighted by molar-refractivity contribution is 5.57. The van der Waals surface area contributed by atoms with Gasteiger partial charge in [-0.15, -0.1) is 0 Å². The van der Waals surface area contributed by atoms with Gasteiger partial charge in [0.05, 0.1) is 12.1 Å². The standard InChI is InChI=1S/C13H22N4O/c1-4-9-12(14-2)15-8-16-13(9)17-10-6-5-7-11(10)18-3/h8,10-11H,4-7H2,1-3H3,(H2,14,15,16,17). The van der Waals surface area contributed by atoms with E-state index in [1.54, 1.807) is 13.4 Å². The molecular formula is C13H22N4O. The lowest BCUT2D eigenvalue weighted by Crippen LogP contribution is -2.30. The fourth-order valence-corrected chi connectivity index (χ4v) is 2.64. The highest BCUT2D eigenvalue weighted by atomic mass is 16.5. The summed E-state index contributed by atoms with van der Waals surface area (Å²) in [5.41, 5.74) is 1.14. The molecule has 0 aromatic carbocycles. The molecule has 1 aromatic heterocycles. The Kier molecular flexibility index (Phi) is 4.36. The number of nitrogens with zero attached hydrogens (tertiary/aromatic N) is 2. The van der Waals surface area contributed by atoms with E-state index in [4.69, 9.17) is 4.74 Å². The number of rotatable bonds is 5. The van der Waals surface area contributed by atoms with E-state index in [9.17, 15) is 0 Å². The van der Waals surface area contributed by atoms with E-state index in [2.05, 4.69) is 27.5 Å². The van der Waals surface area contributed by atoms with Gasteiger partial charge < -0.3 is 15.4 Å². The van der Waals surface area contributed by atoms with Gasteiger partial charge in [0, 0.05) is 19.7 Å². The Hall–Kier alpha value is -1.36. The van der Waals surface area contributed by atoms with Crippen LogP contribution < -0.4 is 10.6 Å². The first kappa shape index (κ1) is 13.1. The average Bonchev–Trinajstić information content (AvgIpc) is 2.85. The highest BCUT2D eigenvalue weighted by Gasteiger charge is 2.28. The summed E-state index contributed by atoms with van der Waals surface area (Å²) in [5, 5.41) is 6.63. The van der Waals surface area contributed by atoms with Crippen LogP contribution in [0.3, 0.4) is 0 Å². The van der Waals surface area contributed by atoms with Gasteiger partial charge in [0.1, 0.15) is 18.0 Å². The van der Waals surface area contributed by atoms with Crippen molar-refractivity contribution in [3.05, 3.63) is 11.9 Å². The summed E-state index contributed by atoms with van der Waals surface area (Å²) >= 11 is 0. The molecule has 2 atom stereocenters. The SMILES string of the molecule is CCc1c(NC)ncnc1NC1CCCC1OC. The van der Waals surface area contributed by atoms with Gasteiger partial charge in [0.2, 0.25) is 0 Å². The van der Waals surface area contributed by atoms with Crippen molar-refractivity contribution in [3.63, 3.8) is 0 Å². The lowest BCUT2D eigenvalue weighted by Gasteiger charge is -2.22. The maximum Gasteiger partial charge on any atom is 0.135 e. The molecule has 0 spiro atoms. The maximum absolute atomic E-state index is 5.50. The molecule has 0 aliphatic heterocycles. The van der Waals surface area contributed by atoms with Crippen LogP contribution in [0.2, 0.25) is 0 Å². The second kappa shape index (κ2) is 6.00. The molecule has 1 heterocycles. The first-order chi connectivity index (χ1) is 8.80. The van der Waals surface area contributed by atoms with Crippen LogP contribution in [-0.4, -0.2) is 36.3 Å². The van der Waals surface area contributed by atoms with Gasteiger partial charge in [-0.05, 0) is 25.7 Å². The monoisotopic (exact) mass is 250 g/mol. The second-order valence-electron chi connectivity index (χ2n) is 4.61. The highest BCUT2D eigenvalue weighted by Crippen LogP contribution is 2.27. The summed E-state index contributed by atoms with van der Waals surface area (Å²) in [6.45, 7) is 2.12. The van der Waals surface area contributed by atoms with Crippen LogP contribution in [-0.2, 0) is 11.2 Å². The molecule has 100 valence electrons. The molecule has 1 fully saturated rings. The van der Waals surface area contributed by atoms with Crippen LogP contribution in [0, 0.1) is 0 Å². The molecule has 2 N–H and O–H groups in total. The van der Waals surface area contributed by atoms with Gasteiger partial charge in [-0.1, -0.05) is 6.92 Å². The lowest BCUT2D eigenvalue weighted by atomic mass is 10.1. The van der Waals surface area contributed by atoms with Gasteiger partial charge in [-0.25, -0.2) is 9.97 Å². The smallest absolute Gasteiger partial charge is 0.135 e. The summed E-state index contributed by atoms with van der Waals surface area (Å²) in [5.74, 6) is 1.84. The van der Waals surface area contributed by atoms with Crippen LogP contribution in [0.15, 0.2) is 6.33 Å². The molecular weight excluding hydrogens is 228 g/mol. The minimum atomic E-state index is 0.294. The lowest BCUT2D eigenvalue weighted by molar-refractivity contribution is 0.101. The average molecular weight is 250 g/mol. The molecule has 18 heavy (non-hydrogen) atoms. The first-order valence-corrected chi connectivity index (χ1v) is 6.61. The summed E-state index contributed by atoms with van der Waals surface area (Å²) in [6, 6.07) is 0.361. The van der Waals surface area contributed by atoms with Crippen LogP contribution in [0.4, 0.5) is 11.6 Å². The van der Waals surface area contributed by atoms with Crippen LogP contribution in [0.25, 0.3) is 0 Å². The first-order valence-electron chi connectivity index (χ1n) is 6.61. The van der Waals surface area contributed by atoms with E-state index >= 15 is 0 Å². The van der Waals surface area contributed by atoms with Crippen LogP contribution >= 0.6 is 0 Å². The normalized spacial score (nSPS) is 23.1. The second-order valence-corrected chi connectivity index (χ2v) is 4.61. The van der Waals surface area contributed by atoms with Gasteiger partial charge in [-0.2, -0.15) is 0 Å².